The van der Waals surface area contributed by atoms with Gasteiger partial charge in [-0.3, -0.25) is 10.1 Å². The van der Waals surface area contributed by atoms with Crippen molar-refractivity contribution >= 4 is 21.6 Å². The van der Waals surface area contributed by atoms with Crippen molar-refractivity contribution < 1.29 is 14.1 Å². The van der Waals surface area contributed by atoms with Gasteiger partial charge in [0.05, 0.1) is 4.92 Å². The van der Waals surface area contributed by atoms with Crippen LogP contribution < -0.4 is 4.74 Å². The van der Waals surface area contributed by atoms with E-state index < -0.39 is 16.4 Å². The van der Waals surface area contributed by atoms with Crippen molar-refractivity contribution in [2.75, 3.05) is 0 Å². The molecule has 0 bridgehead atoms. The maximum absolute atomic E-state index is 13.8. The molecule has 0 unspecified atom stereocenters. The van der Waals surface area contributed by atoms with E-state index in [2.05, 4.69) is 15.9 Å². The molecule has 0 N–H and O–H groups in total. The Balaban J connectivity index is 2.14. The highest BCUT2D eigenvalue weighted by molar-refractivity contribution is 9.08. The Morgan fingerprint density at radius 1 is 1.25 bits per heavy atom. The number of hydrogen-bond donors (Lipinski definition) is 0. The molecule has 20 heavy (non-hydrogen) atoms. The average Bonchev–Trinajstić information content (AvgIpc) is 2.46. The van der Waals surface area contributed by atoms with Gasteiger partial charge in [0.15, 0.2) is 0 Å². The molecule has 2 rings (SSSR count). The second-order valence-electron chi connectivity index (χ2n) is 4.08. The van der Waals surface area contributed by atoms with Gasteiger partial charge in [0.25, 0.3) is 0 Å². The van der Waals surface area contributed by atoms with Crippen LogP contribution in [0.4, 0.5) is 10.1 Å². The van der Waals surface area contributed by atoms with E-state index in [9.17, 15) is 14.5 Å². The summed E-state index contributed by atoms with van der Waals surface area (Å²) in [7, 11) is 0. The number of rotatable bonds is 5. The van der Waals surface area contributed by atoms with Crippen molar-refractivity contribution in [2.45, 2.75) is 11.9 Å². The molecule has 104 valence electrons. The van der Waals surface area contributed by atoms with E-state index >= 15 is 0 Å². The topological polar surface area (TPSA) is 52.4 Å². The van der Waals surface area contributed by atoms with Gasteiger partial charge >= 0.3 is 5.69 Å². The summed E-state index contributed by atoms with van der Waals surface area (Å²) >= 11 is 3.33. The van der Waals surface area contributed by atoms with Crippen LogP contribution in [-0.4, -0.2) is 4.92 Å². The van der Waals surface area contributed by atoms with Crippen LogP contribution in [0.3, 0.4) is 0 Å². The van der Waals surface area contributed by atoms with Gasteiger partial charge in [-0.2, -0.15) is 4.39 Å². The lowest BCUT2D eigenvalue weighted by molar-refractivity contribution is -0.387. The summed E-state index contributed by atoms with van der Waals surface area (Å²) in [5, 5.41) is 11.3. The lowest BCUT2D eigenvalue weighted by Crippen LogP contribution is -2.02. The molecule has 2 aromatic carbocycles. The minimum atomic E-state index is -0.853. The first kappa shape index (κ1) is 14.5. The number of nitro benzene ring substituents is 1. The van der Waals surface area contributed by atoms with Gasteiger partial charge in [-0.1, -0.05) is 40.2 Å². The zero-order valence-electron chi connectivity index (χ0n) is 10.4. The molecule has 0 radical (unpaired) electrons. The maximum atomic E-state index is 13.8. The van der Waals surface area contributed by atoms with Gasteiger partial charge < -0.3 is 4.74 Å². The van der Waals surface area contributed by atoms with E-state index in [4.69, 9.17) is 4.74 Å². The van der Waals surface area contributed by atoms with Crippen LogP contribution in [0.25, 0.3) is 0 Å². The van der Waals surface area contributed by atoms with Gasteiger partial charge in [-0.15, -0.1) is 0 Å². The minimum Gasteiger partial charge on any atom is -0.489 e. The minimum absolute atomic E-state index is 0.0563. The summed E-state index contributed by atoms with van der Waals surface area (Å²) < 4.78 is 19.3. The van der Waals surface area contributed by atoms with E-state index in [1.807, 2.05) is 18.2 Å². The molecular weight excluding hydrogens is 329 g/mol. The molecule has 4 nitrogen and oxygen atoms in total. The Morgan fingerprint density at radius 3 is 2.70 bits per heavy atom. The van der Waals surface area contributed by atoms with Gasteiger partial charge in [0.1, 0.15) is 12.4 Å². The fourth-order valence-electron chi connectivity index (χ4n) is 1.70. The first-order chi connectivity index (χ1) is 9.61. The molecule has 0 heterocycles. The smallest absolute Gasteiger partial charge is 0.305 e. The number of benzene rings is 2. The zero-order chi connectivity index (χ0) is 14.5. The summed E-state index contributed by atoms with van der Waals surface area (Å²) in [5.74, 6) is -0.262. The van der Waals surface area contributed by atoms with Gasteiger partial charge in [0.2, 0.25) is 5.82 Å². The lowest BCUT2D eigenvalue weighted by Gasteiger charge is -2.08. The van der Waals surface area contributed by atoms with Crippen molar-refractivity contribution in [3.8, 4) is 5.75 Å². The third-order valence-electron chi connectivity index (χ3n) is 2.70. The van der Waals surface area contributed by atoms with Crippen LogP contribution >= 0.6 is 15.9 Å². The summed E-state index contributed by atoms with van der Waals surface area (Å²) in [6.45, 7) is -0.0563. The quantitative estimate of drug-likeness (QED) is 0.465. The van der Waals surface area contributed by atoms with Crippen molar-refractivity contribution in [3.05, 3.63) is 69.5 Å². The highest BCUT2D eigenvalue weighted by Crippen LogP contribution is 2.22. The number of ether oxygens (including phenoxy) is 1. The van der Waals surface area contributed by atoms with Crippen molar-refractivity contribution in [1.29, 1.82) is 0 Å². The molecule has 0 saturated heterocycles. The third kappa shape index (κ3) is 3.33. The standard InChI is InChI=1S/C14H11BrFNO3/c15-8-10-3-1-5-12(7-10)20-9-11-4-2-6-13(14(11)16)17(18)19/h1-7H,8-9H2. The van der Waals surface area contributed by atoms with E-state index in [0.717, 1.165) is 11.6 Å². The molecule has 0 saturated carbocycles. The zero-order valence-corrected chi connectivity index (χ0v) is 12.0. The van der Waals surface area contributed by atoms with Crippen LogP contribution in [0.2, 0.25) is 0 Å². The van der Waals surface area contributed by atoms with Crippen LogP contribution in [-0.2, 0) is 11.9 Å². The van der Waals surface area contributed by atoms with Crippen LogP contribution in [0, 0.1) is 15.9 Å². The molecular formula is C14H11BrFNO3. The normalized spacial score (nSPS) is 10.3. The molecule has 0 aliphatic rings. The number of hydrogen-bond acceptors (Lipinski definition) is 3. The van der Waals surface area contributed by atoms with Gasteiger partial charge in [0, 0.05) is 17.0 Å². The molecule has 0 aliphatic heterocycles. The Kier molecular flexibility index (Phi) is 4.68. The summed E-state index contributed by atoms with van der Waals surface area (Å²) in [5.41, 5.74) is 0.644. The predicted molar refractivity (Wildman–Crippen MR) is 76.5 cm³/mol. The maximum Gasteiger partial charge on any atom is 0.305 e. The predicted octanol–water partition coefficient (Wildman–Crippen LogP) is 4.21. The number of nitrogens with zero attached hydrogens (tertiary/aromatic N) is 1. The molecule has 0 amide bonds. The number of halogens is 2. The van der Waals surface area contributed by atoms with Crippen LogP contribution in [0.1, 0.15) is 11.1 Å². The Bertz CT molecular complexity index is 634. The first-order valence-electron chi connectivity index (χ1n) is 5.81. The second-order valence-corrected chi connectivity index (χ2v) is 4.64. The van der Waals surface area contributed by atoms with Gasteiger partial charge in [-0.05, 0) is 17.7 Å². The Labute approximate surface area is 123 Å². The Morgan fingerprint density at radius 2 is 2.00 bits per heavy atom. The number of nitro groups is 1. The summed E-state index contributed by atoms with van der Waals surface area (Å²) in [6.07, 6.45) is 0. The highest BCUT2D eigenvalue weighted by atomic mass is 79.9. The number of alkyl halides is 1. The monoisotopic (exact) mass is 339 g/mol. The van der Waals surface area contributed by atoms with Crippen LogP contribution in [0.15, 0.2) is 42.5 Å². The van der Waals surface area contributed by atoms with E-state index in [1.165, 1.54) is 12.1 Å². The van der Waals surface area contributed by atoms with Crippen molar-refractivity contribution in [2.24, 2.45) is 0 Å². The van der Waals surface area contributed by atoms with Gasteiger partial charge in [-0.25, -0.2) is 0 Å². The largest absolute Gasteiger partial charge is 0.489 e. The first-order valence-corrected chi connectivity index (χ1v) is 6.93. The fraction of sp³-hybridized carbons (Fsp3) is 0.143. The molecule has 6 heteroatoms. The van der Waals surface area contributed by atoms with E-state index in [1.54, 1.807) is 6.07 Å². The van der Waals surface area contributed by atoms with E-state index in [-0.39, 0.29) is 12.2 Å². The lowest BCUT2D eigenvalue weighted by atomic mass is 10.2. The summed E-state index contributed by atoms with van der Waals surface area (Å²) in [4.78, 5) is 9.91. The Hall–Kier alpha value is -1.95. The molecule has 0 aromatic heterocycles. The molecule has 0 atom stereocenters. The average molecular weight is 340 g/mol. The van der Waals surface area contributed by atoms with Crippen LogP contribution in [0.5, 0.6) is 5.75 Å². The summed E-state index contributed by atoms with van der Waals surface area (Å²) in [6, 6.07) is 11.4. The molecule has 2 aromatic rings. The van der Waals surface area contributed by atoms with Crippen molar-refractivity contribution in [1.82, 2.24) is 0 Å². The molecule has 0 fully saturated rings. The third-order valence-corrected chi connectivity index (χ3v) is 3.35. The van der Waals surface area contributed by atoms with Crippen molar-refractivity contribution in [3.63, 3.8) is 0 Å². The highest BCUT2D eigenvalue weighted by Gasteiger charge is 2.17. The SMILES string of the molecule is O=[N+]([O-])c1cccc(COc2cccc(CBr)c2)c1F. The second kappa shape index (κ2) is 6.47. The van der Waals surface area contributed by atoms with E-state index in [0.29, 0.717) is 11.1 Å². The molecule has 0 spiro atoms. The fourth-order valence-corrected chi connectivity index (χ4v) is 2.05. The molecule has 0 aliphatic carbocycles.